The van der Waals surface area contributed by atoms with Crippen LogP contribution in [-0.2, 0) is 0 Å². The van der Waals surface area contributed by atoms with Crippen molar-refractivity contribution in [2.45, 2.75) is 45.1 Å². The zero-order valence-corrected chi connectivity index (χ0v) is 16.2. The van der Waals surface area contributed by atoms with E-state index in [1.807, 2.05) is 0 Å². The molecule has 1 saturated carbocycles. The number of anilines is 1. The molecule has 4 rings (SSSR count). The lowest BCUT2D eigenvalue weighted by Crippen LogP contribution is -2.40. The van der Waals surface area contributed by atoms with Gasteiger partial charge in [0.25, 0.3) is 17.7 Å². The van der Waals surface area contributed by atoms with Gasteiger partial charge in [0.2, 0.25) is 0 Å². The fourth-order valence-electron chi connectivity index (χ4n) is 4.06. The van der Waals surface area contributed by atoms with E-state index in [1.54, 1.807) is 36.4 Å². The van der Waals surface area contributed by atoms with Gasteiger partial charge in [0.05, 0.1) is 11.1 Å². The molecule has 0 spiro atoms. The van der Waals surface area contributed by atoms with Crippen molar-refractivity contribution >= 4 is 29.2 Å². The van der Waals surface area contributed by atoms with E-state index in [-0.39, 0.29) is 29.5 Å². The molecule has 6 nitrogen and oxygen atoms in total. The molecule has 2 aromatic rings. The first kappa shape index (κ1) is 19.1. The molecule has 1 heterocycles. The number of Topliss-reactive ketones (excluding diaryl/α,β-unsaturated/α-hetero) is 1. The van der Waals surface area contributed by atoms with Gasteiger partial charge in [-0.15, -0.1) is 0 Å². The van der Waals surface area contributed by atoms with Crippen molar-refractivity contribution in [3.05, 3.63) is 64.7 Å². The summed E-state index contributed by atoms with van der Waals surface area (Å²) in [5.74, 6) is -0.993. The Morgan fingerprint density at radius 2 is 1.48 bits per heavy atom. The highest BCUT2D eigenvalue weighted by Gasteiger charge is 2.40. The van der Waals surface area contributed by atoms with Gasteiger partial charge in [-0.1, -0.05) is 19.3 Å². The fraction of sp³-hybridized carbons (Fsp3) is 0.304. The molecule has 0 aromatic heterocycles. The molecule has 1 aliphatic carbocycles. The number of amides is 3. The number of hydrogen-bond donors (Lipinski definition) is 1. The smallest absolute Gasteiger partial charge is 0.261 e. The van der Waals surface area contributed by atoms with Crippen LogP contribution < -0.4 is 5.32 Å². The van der Waals surface area contributed by atoms with Gasteiger partial charge in [0, 0.05) is 22.9 Å². The maximum absolute atomic E-state index is 12.9. The summed E-state index contributed by atoms with van der Waals surface area (Å²) in [6, 6.07) is 11.2. The maximum atomic E-state index is 12.9. The van der Waals surface area contributed by atoms with Crippen molar-refractivity contribution in [3.63, 3.8) is 0 Å². The van der Waals surface area contributed by atoms with E-state index in [4.69, 9.17) is 0 Å². The molecule has 3 amide bonds. The minimum atomic E-state index is -0.375. The molecule has 1 fully saturated rings. The van der Waals surface area contributed by atoms with E-state index in [0.717, 1.165) is 32.1 Å². The number of carbonyl (C=O) groups excluding carboxylic acids is 4. The minimum absolute atomic E-state index is 0.0479. The predicted molar refractivity (Wildman–Crippen MR) is 108 cm³/mol. The predicted octanol–water partition coefficient (Wildman–Crippen LogP) is 4.07. The first-order chi connectivity index (χ1) is 14.0. The van der Waals surface area contributed by atoms with Gasteiger partial charge in [-0.2, -0.15) is 0 Å². The second-order valence-corrected chi connectivity index (χ2v) is 7.62. The standard InChI is InChI=1S/C23H22N2O4/c1-14(26)15-7-10-17(11-8-15)24-21(27)16-9-12-19-20(13-16)23(29)25(22(19)28)18-5-3-2-4-6-18/h7-13,18H,2-6H2,1H3,(H,24,27). The molecular weight excluding hydrogens is 368 g/mol. The maximum Gasteiger partial charge on any atom is 0.261 e. The highest BCUT2D eigenvalue weighted by Crippen LogP contribution is 2.31. The Hall–Kier alpha value is -3.28. The van der Waals surface area contributed by atoms with Gasteiger partial charge in [0.15, 0.2) is 5.78 Å². The first-order valence-electron chi connectivity index (χ1n) is 9.90. The van der Waals surface area contributed by atoms with Gasteiger partial charge < -0.3 is 5.32 Å². The Morgan fingerprint density at radius 1 is 0.862 bits per heavy atom. The number of benzene rings is 2. The topological polar surface area (TPSA) is 83.6 Å². The number of rotatable bonds is 4. The third-order valence-electron chi connectivity index (χ3n) is 5.67. The lowest BCUT2D eigenvalue weighted by atomic mass is 9.94. The number of ketones is 1. The SMILES string of the molecule is CC(=O)c1ccc(NC(=O)c2ccc3c(c2)C(=O)N(C2CCCCC2)C3=O)cc1. The summed E-state index contributed by atoms with van der Waals surface area (Å²) < 4.78 is 0. The molecule has 0 saturated heterocycles. The number of hydrogen-bond acceptors (Lipinski definition) is 4. The summed E-state index contributed by atoms with van der Waals surface area (Å²) in [4.78, 5) is 51.0. The number of nitrogens with zero attached hydrogens (tertiary/aromatic N) is 1. The molecule has 2 aromatic carbocycles. The third-order valence-corrected chi connectivity index (χ3v) is 5.67. The van der Waals surface area contributed by atoms with Crippen molar-refractivity contribution in [1.29, 1.82) is 0 Å². The zero-order valence-electron chi connectivity index (χ0n) is 16.2. The Bertz CT molecular complexity index is 1000. The van der Waals surface area contributed by atoms with Crippen LogP contribution in [-0.4, -0.2) is 34.4 Å². The third kappa shape index (κ3) is 3.58. The van der Waals surface area contributed by atoms with Crippen LogP contribution in [0.5, 0.6) is 0 Å². The molecule has 0 atom stereocenters. The zero-order chi connectivity index (χ0) is 20.5. The monoisotopic (exact) mass is 390 g/mol. The molecule has 0 bridgehead atoms. The normalized spacial score (nSPS) is 16.7. The summed E-state index contributed by atoms with van der Waals surface area (Å²) in [5, 5.41) is 2.76. The van der Waals surface area contributed by atoms with E-state index < -0.39 is 0 Å². The molecule has 1 N–H and O–H groups in total. The molecule has 0 radical (unpaired) electrons. The molecule has 29 heavy (non-hydrogen) atoms. The molecule has 1 aliphatic heterocycles. The Kier molecular flexibility index (Phi) is 5.01. The molecule has 148 valence electrons. The quantitative estimate of drug-likeness (QED) is 0.630. The number of nitrogens with one attached hydrogen (secondary N) is 1. The van der Waals surface area contributed by atoms with Crippen LogP contribution in [0, 0.1) is 0 Å². The van der Waals surface area contributed by atoms with Crippen LogP contribution in [0.25, 0.3) is 0 Å². The number of carbonyl (C=O) groups is 4. The van der Waals surface area contributed by atoms with Crippen molar-refractivity contribution in [1.82, 2.24) is 4.90 Å². The van der Waals surface area contributed by atoms with E-state index in [0.29, 0.717) is 27.9 Å². The van der Waals surface area contributed by atoms with Crippen LogP contribution in [0.1, 0.15) is 80.5 Å². The fourth-order valence-corrected chi connectivity index (χ4v) is 4.06. The van der Waals surface area contributed by atoms with E-state index in [1.165, 1.54) is 17.9 Å². The second kappa shape index (κ2) is 7.62. The summed E-state index contributed by atoms with van der Waals surface area (Å²) in [6.07, 6.45) is 4.86. The largest absolute Gasteiger partial charge is 0.322 e. The van der Waals surface area contributed by atoms with Crippen LogP contribution in [0.15, 0.2) is 42.5 Å². The van der Waals surface area contributed by atoms with Gasteiger partial charge in [-0.05, 0) is 62.2 Å². The highest BCUT2D eigenvalue weighted by molar-refractivity contribution is 6.22. The summed E-state index contributed by atoms with van der Waals surface area (Å²) >= 11 is 0. The average molecular weight is 390 g/mol. The van der Waals surface area contributed by atoms with Crippen LogP contribution in [0.3, 0.4) is 0 Å². The summed E-state index contributed by atoms with van der Waals surface area (Å²) in [7, 11) is 0. The van der Waals surface area contributed by atoms with E-state index in [2.05, 4.69) is 5.32 Å². The second-order valence-electron chi connectivity index (χ2n) is 7.62. The Labute approximate surface area is 168 Å². The molecule has 0 unspecified atom stereocenters. The van der Waals surface area contributed by atoms with Gasteiger partial charge in [-0.25, -0.2) is 0 Å². The molecule has 2 aliphatic rings. The van der Waals surface area contributed by atoms with Gasteiger partial charge in [-0.3, -0.25) is 24.1 Å². The first-order valence-corrected chi connectivity index (χ1v) is 9.90. The Balaban J connectivity index is 1.53. The molecular formula is C23H22N2O4. The lowest BCUT2D eigenvalue weighted by Gasteiger charge is -2.29. The lowest BCUT2D eigenvalue weighted by molar-refractivity contribution is 0.0548. The average Bonchev–Trinajstić information content (AvgIpc) is 2.99. The van der Waals surface area contributed by atoms with Gasteiger partial charge in [0.1, 0.15) is 0 Å². The highest BCUT2D eigenvalue weighted by atomic mass is 16.2. The van der Waals surface area contributed by atoms with Crippen LogP contribution in [0.4, 0.5) is 5.69 Å². The van der Waals surface area contributed by atoms with Crippen molar-refractivity contribution < 1.29 is 19.2 Å². The molecule has 6 heteroatoms. The Morgan fingerprint density at radius 3 is 2.14 bits per heavy atom. The van der Waals surface area contributed by atoms with Crippen molar-refractivity contribution in [2.75, 3.05) is 5.32 Å². The van der Waals surface area contributed by atoms with Crippen molar-refractivity contribution in [2.24, 2.45) is 0 Å². The van der Waals surface area contributed by atoms with Gasteiger partial charge >= 0.3 is 0 Å². The summed E-state index contributed by atoms with van der Waals surface area (Å²) in [6.45, 7) is 1.48. The summed E-state index contributed by atoms with van der Waals surface area (Å²) in [5.41, 5.74) is 2.08. The van der Waals surface area contributed by atoms with Crippen molar-refractivity contribution in [3.8, 4) is 0 Å². The number of imide groups is 1. The van der Waals surface area contributed by atoms with Crippen LogP contribution >= 0.6 is 0 Å². The van der Waals surface area contributed by atoms with E-state index >= 15 is 0 Å². The van der Waals surface area contributed by atoms with Crippen LogP contribution in [0.2, 0.25) is 0 Å². The van der Waals surface area contributed by atoms with E-state index in [9.17, 15) is 19.2 Å². The minimum Gasteiger partial charge on any atom is -0.322 e. The number of fused-ring (bicyclic) bond motifs is 1.